The largest absolute Gasteiger partial charge is 0.508 e. The zero-order valence-corrected chi connectivity index (χ0v) is 16.8. The van der Waals surface area contributed by atoms with Crippen LogP contribution in [0.15, 0.2) is 54.6 Å². The highest BCUT2D eigenvalue weighted by molar-refractivity contribution is 6.31. The lowest BCUT2D eigenvalue weighted by molar-refractivity contribution is -0.115. The van der Waals surface area contributed by atoms with Crippen LogP contribution in [0.4, 0.5) is 5.69 Å². The molecule has 1 aromatic heterocycles. The highest BCUT2D eigenvalue weighted by atomic mass is 35.5. The molecule has 2 N–H and O–H groups in total. The van der Waals surface area contributed by atoms with E-state index >= 15 is 0 Å². The van der Waals surface area contributed by atoms with Gasteiger partial charge in [-0.05, 0) is 48.4 Å². The van der Waals surface area contributed by atoms with Crippen LogP contribution in [-0.2, 0) is 9.53 Å². The van der Waals surface area contributed by atoms with Crippen molar-refractivity contribution >= 4 is 29.2 Å². The van der Waals surface area contributed by atoms with Crippen molar-refractivity contribution < 1.29 is 19.4 Å². The van der Waals surface area contributed by atoms with Gasteiger partial charge in [0.25, 0.3) is 0 Å². The summed E-state index contributed by atoms with van der Waals surface area (Å²) in [6.07, 6.45) is -0.357. The second kappa shape index (κ2) is 9.16. The van der Waals surface area contributed by atoms with E-state index in [-0.39, 0.29) is 35.3 Å². The molecule has 0 unspecified atom stereocenters. The quantitative estimate of drug-likeness (QED) is 0.566. The van der Waals surface area contributed by atoms with Gasteiger partial charge in [0.05, 0.1) is 18.4 Å². The van der Waals surface area contributed by atoms with E-state index in [1.54, 1.807) is 43.3 Å². The van der Waals surface area contributed by atoms with Gasteiger partial charge in [0, 0.05) is 5.69 Å². The van der Waals surface area contributed by atoms with Crippen molar-refractivity contribution in [1.29, 1.82) is 5.26 Å². The molecule has 0 aliphatic heterocycles. The molecular weight excluding hydrogens is 406 g/mol. The number of rotatable bonds is 6. The molecule has 3 rings (SSSR count). The number of hydrogen-bond acceptors (Lipinski definition) is 5. The third-order valence-corrected chi connectivity index (χ3v) is 4.52. The standard InChI is InChI=1S/C22H18ClN3O4/c1-2-30-22(29)21-18(25-20(28)10-11-24)13-19(23)26(21)16-8-6-14(7-9-16)15-4-3-5-17(27)12-15/h3-9,12-13,27H,2,10H2,1H3,(H,25,28). The molecule has 0 saturated heterocycles. The van der Waals surface area contributed by atoms with E-state index in [0.717, 1.165) is 11.1 Å². The minimum Gasteiger partial charge on any atom is -0.508 e. The summed E-state index contributed by atoms with van der Waals surface area (Å²) >= 11 is 6.37. The molecule has 0 spiro atoms. The Kier molecular flexibility index (Phi) is 6.40. The number of aromatic hydroxyl groups is 1. The molecule has 0 atom stereocenters. The number of phenolic OH excluding ortho intramolecular Hbond substituents is 1. The lowest BCUT2D eigenvalue weighted by Gasteiger charge is -2.13. The van der Waals surface area contributed by atoms with Crippen LogP contribution in [-0.4, -0.2) is 28.2 Å². The van der Waals surface area contributed by atoms with Crippen LogP contribution in [0.1, 0.15) is 23.8 Å². The van der Waals surface area contributed by atoms with Gasteiger partial charge in [-0.25, -0.2) is 4.79 Å². The van der Waals surface area contributed by atoms with Crippen molar-refractivity contribution in [3.05, 3.63) is 65.4 Å². The zero-order chi connectivity index (χ0) is 21.7. The lowest BCUT2D eigenvalue weighted by atomic mass is 10.1. The van der Waals surface area contributed by atoms with E-state index in [4.69, 9.17) is 21.6 Å². The number of benzene rings is 2. The number of hydrogen-bond donors (Lipinski definition) is 2. The summed E-state index contributed by atoms with van der Waals surface area (Å²) in [5.41, 5.74) is 2.48. The van der Waals surface area contributed by atoms with Crippen molar-refractivity contribution in [2.75, 3.05) is 11.9 Å². The number of aromatic nitrogens is 1. The van der Waals surface area contributed by atoms with Crippen molar-refractivity contribution in [3.63, 3.8) is 0 Å². The van der Waals surface area contributed by atoms with E-state index in [9.17, 15) is 14.7 Å². The Morgan fingerprint density at radius 2 is 1.90 bits per heavy atom. The fraction of sp³-hybridized carbons (Fsp3) is 0.136. The Morgan fingerprint density at radius 3 is 2.53 bits per heavy atom. The molecule has 152 valence electrons. The number of halogens is 1. The van der Waals surface area contributed by atoms with E-state index in [1.165, 1.54) is 10.6 Å². The average molecular weight is 424 g/mol. The molecule has 0 aliphatic carbocycles. The molecule has 0 radical (unpaired) electrons. The van der Waals surface area contributed by atoms with Crippen molar-refractivity contribution in [2.45, 2.75) is 13.3 Å². The Bertz CT molecular complexity index is 1130. The average Bonchev–Trinajstić information content (AvgIpc) is 3.04. The lowest BCUT2D eigenvalue weighted by Crippen LogP contribution is -2.17. The topological polar surface area (TPSA) is 104 Å². The predicted molar refractivity (Wildman–Crippen MR) is 113 cm³/mol. The van der Waals surface area contributed by atoms with Gasteiger partial charge >= 0.3 is 5.97 Å². The second-order valence-corrected chi connectivity index (χ2v) is 6.65. The molecule has 2 aromatic carbocycles. The minimum atomic E-state index is -0.659. The van der Waals surface area contributed by atoms with Crippen molar-refractivity contribution in [3.8, 4) is 28.6 Å². The van der Waals surface area contributed by atoms with Crippen LogP contribution < -0.4 is 5.32 Å². The summed E-state index contributed by atoms with van der Waals surface area (Å²) in [5.74, 6) is -1.06. The van der Waals surface area contributed by atoms with E-state index in [0.29, 0.717) is 5.69 Å². The van der Waals surface area contributed by atoms with Gasteiger partial charge < -0.3 is 15.2 Å². The number of esters is 1. The van der Waals surface area contributed by atoms with Crippen LogP contribution in [0, 0.1) is 11.3 Å². The molecule has 1 heterocycles. The van der Waals surface area contributed by atoms with E-state index in [1.807, 2.05) is 18.2 Å². The van der Waals surface area contributed by atoms with Gasteiger partial charge in [0.15, 0.2) is 5.69 Å². The summed E-state index contributed by atoms with van der Waals surface area (Å²) in [7, 11) is 0. The summed E-state index contributed by atoms with van der Waals surface area (Å²) in [6.45, 7) is 1.81. The number of phenols is 1. The molecule has 8 heteroatoms. The first-order chi connectivity index (χ1) is 14.4. The number of nitrogens with one attached hydrogen (secondary N) is 1. The molecule has 3 aromatic rings. The van der Waals surface area contributed by atoms with Crippen LogP contribution >= 0.6 is 11.6 Å². The summed E-state index contributed by atoms with van der Waals surface area (Å²) in [5, 5.41) is 21.1. The maximum absolute atomic E-state index is 12.6. The van der Waals surface area contributed by atoms with Gasteiger partial charge in [-0.3, -0.25) is 9.36 Å². The first-order valence-electron chi connectivity index (χ1n) is 9.09. The predicted octanol–water partition coefficient (Wildman–Crippen LogP) is 4.53. The molecule has 0 bridgehead atoms. The van der Waals surface area contributed by atoms with Gasteiger partial charge in [0.2, 0.25) is 5.91 Å². The fourth-order valence-electron chi connectivity index (χ4n) is 2.98. The number of nitriles is 1. The fourth-order valence-corrected chi connectivity index (χ4v) is 3.27. The maximum atomic E-state index is 12.6. The summed E-state index contributed by atoms with van der Waals surface area (Å²) < 4.78 is 6.60. The van der Waals surface area contributed by atoms with Gasteiger partial charge in [-0.15, -0.1) is 0 Å². The van der Waals surface area contributed by atoms with Gasteiger partial charge in [0.1, 0.15) is 17.3 Å². The number of amides is 1. The van der Waals surface area contributed by atoms with Crippen molar-refractivity contribution in [2.24, 2.45) is 0 Å². The monoisotopic (exact) mass is 423 g/mol. The summed E-state index contributed by atoms with van der Waals surface area (Å²) in [6, 6.07) is 17.2. The molecule has 0 aliphatic rings. The highest BCUT2D eigenvalue weighted by Crippen LogP contribution is 2.31. The normalized spacial score (nSPS) is 10.3. The van der Waals surface area contributed by atoms with Gasteiger partial charge in [-0.1, -0.05) is 35.9 Å². The number of carbonyl (C=O) groups is 2. The Morgan fingerprint density at radius 1 is 1.17 bits per heavy atom. The summed E-state index contributed by atoms with van der Waals surface area (Å²) in [4.78, 5) is 24.5. The van der Waals surface area contributed by atoms with Crippen LogP contribution in [0.25, 0.3) is 16.8 Å². The molecule has 7 nitrogen and oxygen atoms in total. The SMILES string of the molecule is CCOC(=O)c1c(NC(=O)CC#N)cc(Cl)n1-c1ccc(-c2cccc(O)c2)cc1. The molecule has 30 heavy (non-hydrogen) atoms. The first-order valence-corrected chi connectivity index (χ1v) is 9.47. The molecule has 0 saturated carbocycles. The van der Waals surface area contributed by atoms with Crippen LogP contribution in [0.2, 0.25) is 5.15 Å². The molecule has 1 amide bonds. The number of carbonyl (C=O) groups excluding carboxylic acids is 2. The van der Waals surface area contributed by atoms with E-state index < -0.39 is 11.9 Å². The number of ether oxygens (including phenoxy) is 1. The number of anilines is 1. The Labute approximate surface area is 178 Å². The molecule has 0 fully saturated rings. The third-order valence-electron chi connectivity index (χ3n) is 4.24. The van der Waals surface area contributed by atoms with Crippen molar-refractivity contribution in [1.82, 2.24) is 4.57 Å². The number of nitrogens with zero attached hydrogens (tertiary/aromatic N) is 2. The molecular formula is C22H18ClN3O4. The second-order valence-electron chi connectivity index (χ2n) is 6.27. The highest BCUT2D eigenvalue weighted by Gasteiger charge is 2.24. The third kappa shape index (κ3) is 4.45. The van der Waals surface area contributed by atoms with Gasteiger partial charge in [-0.2, -0.15) is 5.26 Å². The Balaban J connectivity index is 2.04. The minimum absolute atomic E-state index is 0.0539. The van der Waals surface area contributed by atoms with Crippen LogP contribution in [0.3, 0.4) is 0 Å². The van der Waals surface area contributed by atoms with E-state index in [2.05, 4.69) is 5.32 Å². The first kappa shape index (κ1) is 21.0. The zero-order valence-electron chi connectivity index (χ0n) is 16.1. The maximum Gasteiger partial charge on any atom is 0.357 e. The smallest absolute Gasteiger partial charge is 0.357 e. The Hall–Kier alpha value is -3.76. The van der Waals surface area contributed by atoms with Crippen LogP contribution in [0.5, 0.6) is 5.75 Å².